The molecular weight excluding hydrogens is 232 g/mol. The van der Waals surface area contributed by atoms with Crippen molar-refractivity contribution in [1.82, 2.24) is 10.3 Å². The fourth-order valence-corrected chi connectivity index (χ4v) is 1.91. The van der Waals surface area contributed by atoms with E-state index in [1.54, 1.807) is 38.2 Å². The largest absolute Gasteiger partial charge is 0.387 e. The molecule has 0 bridgehead atoms. The lowest BCUT2D eigenvalue weighted by molar-refractivity contribution is -0.135. The van der Waals surface area contributed by atoms with E-state index in [2.05, 4.69) is 15.6 Å². The molecule has 96 valence electrons. The van der Waals surface area contributed by atoms with Crippen LogP contribution in [0.4, 0.5) is 11.4 Å². The lowest BCUT2D eigenvalue weighted by atomic mass is 9.98. The van der Waals surface area contributed by atoms with Crippen molar-refractivity contribution in [2.45, 2.75) is 19.4 Å². The first-order valence-corrected chi connectivity index (χ1v) is 5.70. The third kappa shape index (κ3) is 2.01. The summed E-state index contributed by atoms with van der Waals surface area (Å²) in [7, 11) is 1.79. The second-order valence-electron chi connectivity index (χ2n) is 4.70. The summed E-state index contributed by atoms with van der Waals surface area (Å²) in [4.78, 5) is 29.2. The monoisotopic (exact) mass is 248 g/mol. The van der Waals surface area contributed by atoms with Crippen molar-refractivity contribution in [3.8, 4) is 0 Å². The molecule has 6 nitrogen and oxygen atoms in total. The number of amides is 2. The molecule has 0 radical (unpaired) electrons. The predicted octanol–water partition coefficient (Wildman–Crippen LogP) is 0.365. The molecule has 2 rings (SSSR count). The van der Waals surface area contributed by atoms with Gasteiger partial charge in [0.2, 0.25) is 5.91 Å². The Morgan fingerprint density at radius 1 is 1.39 bits per heavy atom. The Kier molecular flexibility index (Phi) is 2.94. The number of hydrogen-bond donors (Lipinski definition) is 2. The van der Waals surface area contributed by atoms with Crippen molar-refractivity contribution in [2.24, 2.45) is 0 Å². The molecule has 2 amide bonds. The zero-order valence-electron chi connectivity index (χ0n) is 10.7. The second kappa shape index (κ2) is 4.29. The van der Waals surface area contributed by atoms with Gasteiger partial charge in [-0.3, -0.25) is 19.9 Å². The highest BCUT2D eigenvalue weighted by atomic mass is 16.2. The van der Waals surface area contributed by atoms with Gasteiger partial charge in [-0.05, 0) is 19.9 Å². The smallest absolute Gasteiger partial charge is 0.251 e. The molecule has 1 aromatic heterocycles. The van der Waals surface area contributed by atoms with Crippen molar-refractivity contribution in [3.63, 3.8) is 0 Å². The number of rotatable bonds is 2. The minimum absolute atomic E-state index is 0.146. The molecular formula is C12H16N4O2. The molecule has 0 aliphatic carbocycles. The summed E-state index contributed by atoms with van der Waals surface area (Å²) in [6.07, 6.45) is 3.33. The Balaban J connectivity index is 2.40. The molecule has 0 atom stereocenters. The van der Waals surface area contributed by atoms with Gasteiger partial charge in [0.15, 0.2) is 0 Å². The van der Waals surface area contributed by atoms with Gasteiger partial charge < -0.3 is 10.2 Å². The number of pyridine rings is 1. The Labute approximate surface area is 105 Å². The van der Waals surface area contributed by atoms with E-state index in [0.717, 1.165) is 11.4 Å². The molecule has 1 saturated heterocycles. The second-order valence-corrected chi connectivity index (χ2v) is 4.70. The van der Waals surface area contributed by atoms with Crippen LogP contribution in [0.5, 0.6) is 0 Å². The number of carbonyl (C=O) groups is 2. The van der Waals surface area contributed by atoms with Crippen LogP contribution in [0.1, 0.15) is 13.8 Å². The van der Waals surface area contributed by atoms with Crippen molar-refractivity contribution in [2.75, 3.05) is 23.8 Å². The van der Waals surface area contributed by atoms with Crippen LogP contribution in [0.2, 0.25) is 0 Å². The molecule has 0 aromatic carbocycles. The first-order valence-electron chi connectivity index (χ1n) is 5.70. The normalized spacial score (nSPS) is 18.5. The van der Waals surface area contributed by atoms with Crippen LogP contribution < -0.4 is 15.5 Å². The fourth-order valence-electron chi connectivity index (χ4n) is 1.91. The van der Waals surface area contributed by atoms with Gasteiger partial charge >= 0.3 is 0 Å². The van der Waals surface area contributed by atoms with Crippen LogP contribution in [-0.2, 0) is 9.59 Å². The van der Waals surface area contributed by atoms with Crippen LogP contribution in [0.25, 0.3) is 0 Å². The van der Waals surface area contributed by atoms with E-state index in [4.69, 9.17) is 0 Å². The maximum Gasteiger partial charge on any atom is 0.251 e. The topological polar surface area (TPSA) is 74.3 Å². The summed E-state index contributed by atoms with van der Waals surface area (Å²) in [6.45, 7) is 3.70. The van der Waals surface area contributed by atoms with Gasteiger partial charge in [-0.25, -0.2) is 0 Å². The molecule has 0 spiro atoms. The van der Waals surface area contributed by atoms with E-state index < -0.39 is 5.54 Å². The molecule has 0 unspecified atom stereocenters. The number of carbonyl (C=O) groups excluding carboxylic acids is 2. The summed E-state index contributed by atoms with van der Waals surface area (Å²) in [5.41, 5.74) is 0.805. The molecule has 1 aromatic rings. The number of hydrogen-bond acceptors (Lipinski definition) is 5. The number of aromatic nitrogens is 1. The average Bonchev–Trinajstić information content (AvgIpc) is 2.34. The summed E-state index contributed by atoms with van der Waals surface area (Å²) in [5, 5.41) is 5.32. The van der Waals surface area contributed by atoms with Gasteiger partial charge in [0, 0.05) is 7.05 Å². The lowest BCUT2D eigenvalue weighted by Crippen LogP contribution is -2.64. The van der Waals surface area contributed by atoms with Crippen LogP contribution in [-0.4, -0.2) is 35.9 Å². The number of anilines is 2. The van der Waals surface area contributed by atoms with Crippen molar-refractivity contribution in [1.29, 1.82) is 0 Å². The highest BCUT2D eigenvalue weighted by Gasteiger charge is 2.41. The Morgan fingerprint density at radius 2 is 2.11 bits per heavy atom. The number of nitrogens with one attached hydrogen (secondary N) is 2. The minimum Gasteiger partial charge on any atom is -0.387 e. The van der Waals surface area contributed by atoms with E-state index in [1.807, 2.05) is 6.07 Å². The van der Waals surface area contributed by atoms with E-state index in [0.29, 0.717) is 0 Å². The van der Waals surface area contributed by atoms with Crippen LogP contribution >= 0.6 is 0 Å². The van der Waals surface area contributed by atoms with Gasteiger partial charge in [0.05, 0.1) is 30.3 Å². The Bertz CT molecular complexity index is 499. The quantitative estimate of drug-likeness (QED) is 0.739. The molecule has 2 heterocycles. The first-order chi connectivity index (χ1) is 8.45. The average molecular weight is 248 g/mol. The van der Waals surface area contributed by atoms with E-state index >= 15 is 0 Å². The predicted molar refractivity (Wildman–Crippen MR) is 68.4 cm³/mol. The van der Waals surface area contributed by atoms with Crippen LogP contribution in [0.15, 0.2) is 18.5 Å². The lowest BCUT2D eigenvalue weighted by Gasteiger charge is -2.41. The Hall–Kier alpha value is -2.11. The fraction of sp³-hybridized carbons (Fsp3) is 0.417. The summed E-state index contributed by atoms with van der Waals surface area (Å²) in [6, 6.07) is 1.86. The molecule has 18 heavy (non-hydrogen) atoms. The van der Waals surface area contributed by atoms with Gasteiger partial charge in [-0.2, -0.15) is 0 Å². The highest BCUT2D eigenvalue weighted by molar-refractivity contribution is 6.06. The van der Waals surface area contributed by atoms with E-state index in [-0.39, 0.29) is 18.4 Å². The third-order valence-corrected chi connectivity index (χ3v) is 3.11. The summed E-state index contributed by atoms with van der Waals surface area (Å²) < 4.78 is 0. The number of nitrogens with zero attached hydrogens (tertiary/aromatic N) is 2. The zero-order chi connectivity index (χ0) is 13.3. The number of imide groups is 1. The molecule has 6 heteroatoms. The van der Waals surface area contributed by atoms with Crippen molar-refractivity contribution in [3.05, 3.63) is 18.5 Å². The molecule has 1 aliphatic heterocycles. The summed E-state index contributed by atoms with van der Waals surface area (Å²) in [5.74, 6) is -0.595. The van der Waals surface area contributed by atoms with E-state index in [1.165, 1.54) is 0 Å². The Morgan fingerprint density at radius 3 is 2.78 bits per heavy atom. The molecule has 2 N–H and O–H groups in total. The van der Waals surface area contributed by atoms with Gasteiger partial charge in [-0.1, -0.05) is 0 Å². The van der Waals surface area contributed by atoms with Gasteiger partial charge in [-0.15, -0.1) is 0 Å². The van der Waals surface area contributed by atoms with Crippen LogP contribution in [0.3, 0.4) is 0 Å². The van der Waals surface area contributed by atoms with Crippen LogP contribution in [0, 0.1) is 0 Å². The minimum atomic E-state index is -0.776. The zero-order valence-corrected chi connectivity index (χ0v) is 10.7. The van der Waals surface area contributed by atoms with Crippen molar-refractivity contribution >= 4 is 23.2 Å². The van der Waals surface area contributed by atoms with Gasteiger partial charge in [0.25, 0.3) is 5.91 Å². The van der Waals surface area contributed by atoms with Crippen molar-refractivity contribution < 1.29 is 9.59 Å². The molecule has 1 aliphatic rings. The van der Waals surface area contributed by atoms with Gasteiger partial charge in [0.1, 0.15) is 5.54 Å². The maximum atomic E-state index is 11.9. The number of piperazine rings is 1. The molecule has 1 fully saturated rings. The highest BCUT2D eigenvalue weighted by Crippen LogP contribution is 2.27. The summed E-state index contributed by atoms with van der Waals surface area (Å²) >= 11 is 0. The maximum absolute atomic E-state index is 11.9. The van der Waals surface area contributed by atoms with E-state index in [9.17, 15) is 9.59 Å². The first kappa shape index (κ1) is 12.3. The standard InChI is InChI=1S/C12H16N4O2/c1-12(2)11(18)15-10(17)7-16(12)9-4-8(13-3)5-14-6-9/h4-6,13H,7H2,1-3H3,(H,15,17,18). The third-order valence-electron chi connectivity index (χ3n) is 3.11. The molecule has 0 saturated carbocycles. The SMILES string of the molecule is CNc1cncc(N2CC(=O)NC(=O)C2(C)C)c1.